The Kier molecular flexibility index (Phi) is 7.39. The molecule has 0 atom stereocenters. The topological polar surface area (TPSA) is 38.3 Å². The average molecular weight is 332 g/mol. The van der Waals surface area contributed by atoms with Gasteiger partial charge >= 0.3 is 0 Å². The van der Waals surface area contributed by atoms with Gasteiger partial charge in [-0.05, 0) is 47.0 Å². The van der Waals surface area contributed by atoms with Crippen LogP contribution < -0.4 is 5.32 Å². The van der Waals surface area contributed by atoms with Gasteiger partial charge in [0.2, 0.25) is 0 Å². The number of hydrogen-bond donors (Lipinski definition) is 2. The molecular formula is C13H18BrNO2S. The number of amides is 1. The highest BCUT2D eigenvalue weighted by Crippen LogP contribution is 2.19. The summed E-state index contributed by atoms with van der Waals surface area (Å²) in [5.74, 6) is -0.0896. The maximum absolute atomic E-state index is 11.9. The van der Waals surface area contributed by atoms with Crippen molar-refractivity contribution in [2.75, 3.05) is 19.8 Å². The van der Waals surface area contributed by atoms with Crippen LogP contribution in [-0.4, -0.2) is 25.7 Å². The van der Waals surface area contributed by atoms with Gasteiger partial charge in [0, 0.05) is 29.1 Å². The summed E-state index contributed by atoms with van der Waals surface area (Å²) >= 11 is 7.58. The fourth-order valence-electron chi connectivity index (χ4n) is 1.41. The predicted octanol–water partition coefficient (Wildman–Crippen LogP) is 3.28. The summed E-state index contributed by atoms with van der Waals surface area (Å²) in [7, 11) is 0. The van der Waals surface area contributed by atoms with Gasteiger partial charge in [0.05, 0.1) is 5.56 Å². The van der Waals surface area contributed by atoms with Crippen molar-refractivity contribution in [3.63, 3.8) is 0 Å². The minimum Gasteiger partial charge on any atom is -0.381 e. The summed E-state index contributed by atoms with van der Waals surface area (Å²) in [6, 6.07) is 5.40. The lowest BCUT2D eigenvalue weighted by Gasteiger charge is -2.07. The number of benzene rings is 1. The van der Waals surface area contributed by atoms with Crippen LogP contribution in [0.1, 0.15) is 30.1 Å². The molecule has 0 radical (unpaired) electrons. The normalized spacial score (nSPS) is 10.4. The summed E-state index contributed by atoms with van der Waals surface area (Å²) in [5.41, 5.74) is 0.608. The molecule has 0 saturated carbocycles. The number of rotatable bonds is 7. The number of carbonyl (C=O) groups excluding carboxylic acids is 1. The molecule has 0 bridgehead atoms. The van der Waals surface area contributed by atoms with E-state index in [1.165, 1.54) is 0 Å². The van der Waals surface area contributed by atoms with Crippen LogP contribution in [0.5, 0.6) is 0 Å². The van der Waals surface area contributed by atoms with Crippen LogP contribution in [0.3, 0.4) is 0 Å². The maximum Gasteiger partial charge on any atom is 0.252 e. The zero-order valence-corrected chi connectivity index (χ0v) is 12.9. The Labute approximate surface area is 122 Å². The van der Waals surface area contributed by atoms with Crippen LogP contribution in [0.4, 0.5) is 0 Å². The zero-order chi connectivity index (χ0) is 13.4. The van der Waals surface area contributed by atoms with E-state index in [-0.39, 0.29) is 5.91 Å². The lowest BCUT2D eigenvalue weighted by molar-refractivity contribution is 0.0940. The van der Waals surface area contributed by atoms with E-state index < -0.39 is 0 Å². The van der Waals surface area contributed by atoms with Crippen molar-refractivity contribution >= 4 is 34.5 Å². The van der Waals surface area contributed by atoms with Gasteiger partial charge in [-0.15, -0.1) is 12.6 Å². The summed E-state index contributed by atoms with van der Waals surface area (Å²) < 4.78 is 6.12. The Bertz CT molecular complexity index is 399. The molecule has 0 aromatic heterocycles. The molecule has 1 aromatic rings. The largest absolute Gasteiger partial charge is 0.381 e. The highest BCUT2D eigenvalue weighted by molar-refractivity contribution is 9.10. The van der Waals surface area contributed by atoms with Gasteiger partial charge in [-0.2, -0.15) is 0 Å². The first kappa shape index (κ1) is 15.5. The monoisotopic (exact) mass is 331 g/mol. The molecule has 0 fully saturated rings. The van der Waals surface area contributed by atoms with Gasteiger partial charge in [0.25, 0.3) is 5.91 Å². The number of ether oxygens (including phenoxy) is 1. The summed E-state index contributed by atoms with van der Waals surface area (Å²) in [6.45, 7) is 4.15. The molecule has 0 heterocycles. The van der Waals surface area contributed by atoms with E-state index in [0.29, 0.717) is 18.7 Å². The van der Waals surface area contributed by atoms with Crippen LogP contribution >= 0.6 is 28.6 Å². The Morgan fingerprint density at radius 2 is 2.22 bits per heavy atom. The van der Waals surface area contributed by atoms with Crippen LogP contribution in [0.15, 0.2) is 27.6 Å². The molecule has 5 heteroatoms. The fraction of sp³-hybridized carbons (Fsp3) is 0.462. The van der Waals surface area contributed by atoms with E-state index in [4.69, 9.17) is 4.74 Å². The van der Waals surface area contributed by atoms with Crippen molar-refractivity contribution in [2.24, 2.45) is 0 Å². The minimum absolute atomic E-state index is 0.0896. The van der Waals surface area contributed by atoms with Crippen molar-refractivity contribution in [1.82, 2.24) is 5.32 Å². The molecule has 100 valence electrons. The first-order valence-electron chi connectivity index (χ1n) is 5.99. The third kappa shape index (κ3) is 5.42. The molecule has 1 aromatic carbocycles. The predicted molar refractivity (Wildman–Crippen MR) is 79.5 cm³/mol. The number of hydrogen-bond acceptors (Lipinski definition) is 3. The van der Waals surface area contributed by atoms with E-state index in [9.17, 15) is 4.79 Å². The molecule has 0 saturated heterocycles. The van der Waals surface area contributed by atoms with E-state index in [1.807, 2.05) is 12.1 Å². The molecule has 1 amide bonds. The molecule has 3 nitrogen and oxygen atoms in total. The highest BCUT2D eigenvalue weighted by Gasteiger charge is 2.09. The van der Waals surface area contributed by atoms with Gasteiger partial charge < -0.3 is 10.1 Å². The summed E-state index contributed by atoms with van der Waals surface area (Å²) in [4.78, 5) is 12.7. The number of carbonyl (C=O) groups is 1. The number of thiol groups is 1. The highest BCUT2D eigenvalue weighted by atomic mass is 79.9. The molecule has 1 N–H and O–H groups in total. The Morgan fingerprint density at radius 3 is 2.94 bits per heavy atom. The molecular weight excluding hydrogens is 314 g/mol. The summed E-state index contributed by atoms with van der Waals surface area (Å²) in [6.07, 6.45) is 1.85. The minimum atomic E-state index is -0.0896. The lowest BCUT2D eigenvalue weighted by Crippen LogP contribution is -2.25. The van der Waals surface area contributed by atoms with Crippen molar-refractivity contribution in [3.05, 3.63) is 28.2 Å². The van der Waals surface area contributed by atoms with Crippen LogP contribution in [-0.2, 0) is 4.74 Å². The van der Waals surface area contributed by atoms with Crippen molar-refractivity contribution < 1.29 is 9.53 Å². The van der Waals surface area contributed by atoms with Crippen molar-refractivity contribution in [2.45, 2.75) is 24.7 Å². The lowest BCUT2D eigenvalue weighted by atomic mass is 10.2. The zero-order valence-electron chi connectivity index (χ0n) is 10.4. The van der Waals surface area contributed by atoms with Crippen LogP contribution in [0.25, 0.3) is 0 Å². The molecule has 0 aliphatic rings. The number of nitrogens with one attached hydrogen (secondary N) is 1. The Morgan fingerprint density at radius 1 is 1.44 bits per heavy atom. The van der Waals surface area contributed by atoms with E-state index in [1.54, 1.807) is 6.07 Å². The van der Waals surface area contributed by atoms with E-state index >= 15 is 0 Å². The SMILES string of the molecule is CCCOCCCNC(=O)c1cc(S)ccc1Br. The van der Waals surface area contributed by atoms with Gasteiger partial charge in [-0.3, -0.25) is 4.79 Å². The van der Waals surface area contributed by atoms with Crippen molar-refractivity contribution in [3.8, 4) is 0 Å². The Balaban J connectivity index is 2.34. The second-order valence-electron chi connectivity index (χ2n) is 3.89. The van der Waals surface area contributed by atoms with Gasteiger partial charge in [-0.1, -0.05) is 6.92 Å². The third-order valence-electron chi connectivity index (χ3n) is 2.29. The molecule has 18 heavy (non-hydrogen) atoms. The molecule has 0 aliphatic heterocycles. The molecule has 0 aliphatic carbocycles. The van der Waals surface area contributed by atoms with Gasteiger partial charge in [0.1, 0.15) is 0 Å². The van der Waals surface area contributed by atoms with E-state index in [0.717, 1.165) is 28.8 Å². The summed E-state index contributed by atoms with van der Waals surface area (Å²) in [5, 5.41) is 2.86. The first-order valence-corrected chi connectivity index (χ1v) is 7.23. The molecule has 0 spiro atoms. The van der Waals surface area contributed by atoms with Gasteiger partial charge in [-0.25, -0.2) is 0 Å². The Hall–Kier alpha value is -0.520. The average Bonchev–Trinajstić information content (AvgIpc) is 2.36. The standard InChI is InChI=1S/C13H18BrNO2S/c1-2-7-17-8-3-6-15-13(16)11-9-10(18)4-5-12(11)14/h4-5,9,18H,2-3,6-8H2,1H3,(H,15,16). The maximum atomic E-state index is 11.9. The van der Waals surface area contributed by atoms with Crippen LogP contribution in [0, 0.1) is 0 Å². The second-order valence-corrected chi connectivity index (χ2v) is 5.26. The molecule has 0 unspecified atom stereocenters. The quantitative estimate of drug-likeness (QED) is 0.594. The van der Waals surface area contributed by atoms with Crippen LogP contribution in [0.2, 0.25) is 0 Å². The third-order valence-corrected chi connectivity index (χ3v) is 3.26. The van der Waals surface area contributed by atoms with Crippen molar-refractivity contribution in [1.29, 1.82) is 0 Å². The van der Waals surface area contributed by atoms with Gasteiger partial charge in [0.15, 0.2) is 0 Å². The van der Waals surface area contributed by atoms with E-state index in [2.05, 4.69) is 40.8 Å². The number of halogens is 1. The first-order chi connectivity index (χ1) is 8.65. The smallest absolute Gasteiger partial charge is 0.252 e. The fourth-order valence-corrected chi connectivity index (χ4v) is 2.04. The second kappa shape index (κ2) is 8.56. The molecule has 1 rings (SSSR count).